The topological polar surface area (TPSA) is 116 Å². The maximum absolute atomic E-state index is 13.3. The summed E-state index contributed by atoms with van der Waals surface area (Å²) in [6, 6.07) is 15.8. The van der Waals surface area contributed by atoms with Crippen LogP contribution in [0, 0.1) is 5.82 Å². The third-order valence-corrected chi connectivity index (χ3v) is 5.12. The largest absolute Gasteiger partial charge is 0.378 e. The number of halogens is 1. The molecule has 1 fully saturated rings. The molecule has 3 N–H and O–H groups in total. The highest BCUT2D eigenvalue weighted by Gasteiger charge is 2.17. The monoisotopic (exact) mass is 459 g/mol. The molecule has 34 heavy (non-hydrogen) atoms. The van der Waals surface area contributed by atoms with Crippen LogP contribution in [-0.2, 0) is 4.74 Å². The molecule has 0 unspecified atom stereocenters. The number of hydrogen-bond acceptors (Lipinski definition) is 9. The Kier molecular flexibility index (Phi) is 6.34. The molecule has 0 bridgehead atoms. The Bertz CT molecular complexity index is 1260. The van der Waals surface area contributed by atoms with Crippen molar-refractivity contribution in [1.82, 2.24) is 25.1 Å². The molecule has 2 aromatic heterocycles. The number of aromatic nitrogens is 5. The molecule has 1 aliphatic rings. The number of rotatable bonds is 7. The van der Waals surface area contributed by atoms with E-state index >= 15 is 0 Å². The third kappa shape index (κ3) is 5.15. The fourth-order valence-corrected chi connectivity index (χ4v) is 3.43. The van der Waals surface area contributed by atoms with Gasteiger partial charge in [0.2, 0.25) is 17.8 Å². The van der Waals surface area contributed by atoms with Gasteiger partial charge in [-0.25, -0.2) is 9.82 Å². The van der Waals surface area contributed by atoms with E-state index in [1.54, 1.807) is 24.5 Å². The van der Waals surface area contributed by atoms with Gasteiger partial charge in [-0.15, -0.1) is 0 Å². The van der Waals surface area contributed by atoms with E-state index in [4.69, 9.17) is 4.74 Å². The van der Waals surface area contributed by atoms with Gasteiger partial charge in [0.25, 0.3) is 0 Å². The zero-order valence-corrected chi connectivity index (χ0v) is 18.1. The van der Waals surface area contributed by atoms with E-state index in [1.807, 2.05) is 35.2 Å². The van der Waals surface area contributed by atoms with Gasteiger partial charge in [-0.05, 0) is 24.3 Å². The van der Waals surface area contributed by atoms with Gasteiger partial charge in [0.05, 0.1) is 31.3 Å². The molecule has 0 aliphatic carbocycles. The zero-order valence-electron chi connectivity index (χ0n) is 18.1. The van der Waals surface area contributed by atoms with Gasteiger partial charge in [-0.3, -0.25) is 5.10 Å². The minimum atomic E-state index is -0.319. The van der Waals surface area contributed by atoms with Crippen molar-refractivity contribution in [1.29, 1.82) is 0 Å². The van der Waals surface area contributed by atoms with E-state index in [-0.39, 0.29) is 11.8 Å². The van der Waals surface area contributed by atoms with Gasteiger partial charge in [-0.2, -0.15) is 25.2 Å². The molecule has 4 aromatic rings. The van der Waals surface area contributed by atoms with Crippen LogP contribution in [0.5, 0.6) is 0 Å². The Hall–Kier alpha value is -4.38. The first kappa shape index (κ1) is 21.5. The highest BCUT2D eigenvalue weighted by molar-refractivity contribution is 5.88. The van der Waals surface area contributed by atoms with Crippen molar-refractivity contribution in [2.45, 2.75) is 0 Å². The van der Waals surface area contributed by atoms with Gasteiger partial charge in [0.1, 0.15) is 5.82 Å². The van der Waals surface area contributed by atoms with Crippen molar-refractivity contribution in [3.8, 4) is 11.3 Å². The predicted octanol–water partition coefficient (Wildman–Crippen LogP) is 3.43. The quantitative estimate of drug-likeness (QED) is 0.284. The molecule has 10 nitrogen and oxygen atoms in total. The molecule has 1 saturated heterocycles. The molecular weight excluding hydrogens is 437 g/mol. The number of ether oxygens (including phenoxy) is 1. The third-order valence-electron chi connectivity index (χ3n) is 5.12. The molecule has 172 valence electrons. The van der Waals surface area contributed by atoms with Crippen molar-refractivity contribution >= 4 is 29.7 Å². The average Bonchev–Trinajstić information content (AvgIpc) is 3.35. The number of hydrazone groups is 1. The number of hydrogen-bond donors (Lipinski definition) is 3. The standard InChI is InChI=1S/C23H22FN9O/c24-18-6-8-19(9-7-18)27-21-28-22(30-23(29-21)33-10-12-34-13-11-33)32-26-15-17-14-25-31-20(17)16-4-2-1-3-5-16/h1-9,14-15H,10-13H2,(H,25,31)(H2,27,28,29,30,32)/b26-15-. The van der Waals surface area contributed by atoms with E-state index in [9.17, 15) is 4.39 Å². The van der Waals surface area contributed by atoms with Crippen LogP contribution in [0.25, 0.3) is 11.3 Å². The van der Waals surface area contributed by atoms with Crippen LogP contribution in [0.3, 0.4) is 0 Å². The molecule has 0 saturated carbocycles. The van der Waals surface area contributed by atoms with E-state index in [0.29, 0.717) is 43.9 Å². The molecule has 0 atom stereocenters. The Morgan fingerprint density at radius 1 is 0.971 bits per heavy atom. The number of H-pyrrole nitrogens is 1. The molecule has 0 radical (unpaired) electrons. The van der Waals surface area contributed by atoms with Crippen molar-refractivity contribution in [2.24, 2.45) is 5.10 Å². The zero-order chi connectivity index (χ0) is 23.2. The molecule has 11 heteroatoms. The maximum atomic E-state index is 13.3. The number of morpholine rings is 1. The van der Waals surface area contributed by atoms with Crippen molar-refractivity contribution in [2.75, 3.05) is 41.9 Å². The highest BCUT2D eigenvalue weighted by atomic mass is 19.1. The number of benzene rings is 2. The average molecular weight is 459 g/mol. The Morgan fingerprint density at radius 3 is 2.53 bits per heavy atom. The Morgan fingerprint density at radius 2 is 1.74 bits per heavy atom. The lowest BCUT2D eigenvalue weighted by molar-refractivity contribution is 0.122. The van der Waals surface area contributed by atoms with Crippen LogP contribution in [0.15, 0.2) is 65.9 Å². The molecule has 3 heterocycles. The number of nitrogens with one attached hydrogen (secondary N) is 3. The predicted molar refractivity (Wildman–Crippen MR) is 128 cm³/mol. The van der Waals surface area contributed by atoms with Crippen molar-refractivity contribution in [3.05, 3.63) is 72.2 Å². The summed E-state index contributed by atoms with van der Waals surface area (Å²) in [6.07, 6.45) is 3.35. The summed E-state index contributed by atoms with van der Waals surface area (Å²) in [5.74, 6) is 0.756. The lowest BCUT2D eigenvalue weighted by Gasteiger charge is -2.27. The molecule has 5 rings (SSSR count). The van der Waals surface area contributed by atoms with Crippen LogP contribution in [-0.4, -0.2) is 57.7 Å². The minimum Gasteiger partial charge on any atom is -0.378 e. The summed E-state index contributed by atoms with van der Waals surface area (Å²) in [7, 11) is 0. The second kappa shape index (κ2) is 10.0. The van der Waals surface area contributed by atoms with Crippen LogP contribution >= 0.6 is 0 Å². The molecule has 1 aliphatic heterocycles. The minimum absolute atomic E-state index is 0.266. The summed E-state index contributed by atoms with van der Waals surface area (Å²) in [6.45, 7) is 2.52. The van der Waals surface area contributed by atoms with Crippen LogP contribution < -0.4 is 15.6 Å². The summed E-state index contributed by atoms with van der Waals surface area (Å²) in [5.41, 5.74) is 6.21. The number of nitrogens with zero attached hydrogens (tertiary/aromatic N) is 6. The Labute approximate surface area is 194 Å². The van der Waals surface area contributed by atoms with Gasteiger partial charge in [-0.1, -0.05) is 30.3 Å². The smallest absolute Gasteiger partial charge is 0.250 e. The normalized spacial score (nSPS) is 13.9. The Balaban J connectivity index is 1.38. The summed E-state index contributed by atoms with van der Waals surface area (Å²) >= 11 is 0. The van der Waals surface area contributed by atoms with Gasteiger partial charge in [0, 0.05) is 29.9 Å². The fraction of sp³-hybridized carbons (Fsp3) is 0.174. The maximum Gasteiger partial charge on any atom is 0.250 e. The summed E-state index contributed by atoms with van der Waals surface area (Å²) in [5, 5.41) is 14.5. The lowest BCUT2D eigenvalue weighted by atomic mass is 10.1. The van der Waals surface area contributed by atoms with Crippen LogP contribution in [0.1, 0.15) is 5.56 Å². The number of anilines is 4. The van der Waals surface area contributed by atoms with Gasteiger partial charge in [0.15, 0.2) is 0 Å². The lowest BCUT2D eigenvalue weighted by Crippen LogP contribution is -2.37. The number of aromatic amines is 1. The van der Waals surface area contributed by atoms with E-state index < -0.39 is 0 Å². The van der Waals surface area contributed by atoms with E-state index in [0.717, 1.165) is 16.8 Å². The van der Waals surface area contributed by atoms with Crippen LogP contribution in [0.4, 0.5) is 27.9 Å². The SMILES string of the molecule is Fc1ccc(Nc2nc(N/N=C\c3cn[nH]c3-c3ccccc3)nc(N3CCOCC3)n2)cc1. The van der Waals surface area contributed by atoms with Gasteiger partial charge < -0.3 is 15.0 Å². The van der Waals surface area contributed by atoms with E-state index in [1.165, 1.54) is 12.1 Å². The molecule has 0 spiro atoms. The molecular formula is C23H22FN9O. The van der Waals surface area contributed by atoms with Crippen molar-refractivity contribution < 1.29 is 9.13 Å². The second-order valence-corrected chi connectivity index (χ2v) is 7.45. The molecule has 2 aromatic carbocycles. The first-order valence-corrected chi connectivity index (χ1v) is 10.7. The first-order valence-electron chi connectivity index (χ1n) is 10.7. The fourth-order valence-electron chi connectivity index (χ4n) is 3.43. The molecule has 0 amide bonds. The van der Waals surface area contributed by atoms with Crippen LogP contribution in [0.2, 0.25) is 0 Å². The summed E-state index contributed by atoms with van der Waals surface area (Å²) < 4.78 is 18.7. The van der Waals surface area contributed by atoms with Crippen molar-refractivity contribution in [3.63, 3.8) is 0 Å². The first-order chi connectivity index (χ1) is 16.7. The van der Waals surface area contributed by atoms with E-state index in [2.05, 4.69) is 41.0 Å². The van der Waals surface area contributed by atoms with Gasteiger partial charge >= 0.3 is 0 Å². The second-order valence-electron chi connectivity index (χ2n) is 7.45. The highest BCUT2D eigenvalue weighted by Crippen LogP contribution is 2.21. The summed E-state index contributed by atoms with van der Waals surface area (Å²) in [4.78, 5) is 15.5.